The molecule has 14 heteroatoms. The highest BCUT2D eigenvalue weighted by atomic mass is 16.5. The average molecular weight is 665 g/mol. The number of carbonyl (C=O) groups is 6. The minimum atomic E-state index is -1.13. The molecule has 0 aromatic heterocycles. The molecule has 0 radical (unpaired) electrons. The van der Waals surface area contributed by atoms with Gasteiger partial charge in [0.25, 0.3) is 0 Å². The topological polar surface area (TPSA) is 198 Å². The Bertz CT molecular complexity index is 1110. The van der Waals surface area contributed by atoms with Gasteiger partial charge in [-0.05, 0) is 37.1 Å². The number of rotatable bonds is 27. The van der Waals surface area contributed by atoms with E-state index in [9.17, 15) is 33.9 Å². The van der Waals surface area contributed by atoms with Crippen LogP contribution >= 0.6 is 0 Å². The SMILES string of the molecule is CCCOCC(COCCC(=O)NCCC=O)(COCCC(=O)NCCC(=O)Nc1ccc(O)cc1)NC(=O)CCCC(=O)C(C)C. The summed E-state index contributed by atoms with van der Waals surface area (Å²) in [4.78, 5) is 72.0. The van der Waals surface area contributed by atoms with Crippen molar-refractivity contribution in [2.45, 2.75) is 77.7 Å². The number of phenolic OH excluding ortho intramolecular Hbond substituents is 1. The van der Waals surface area contributed by atoms with Crippen molar-refractivity contribution in [2.75, 3.05) is 58.0 Å². The van der Waals surface area contributed by atoms with Gasteiger partial charge in [-0.1, -0.05) is 20.8 Å². The Kier molecular flexibility index (Phi) is 21.3. The van der Waals surface area contributed by atoms with E-state index in [1.165, 1.54) is 12.1 Å². The number of ketones is 1. The van der Waals surface area contributed by atoms with Gasteiger partial charge in [0.1, 0.15) is 23.4 Å². The van der Waals surface area contributed by atoms with Crippen LogP contribution in [0, 0.1) is 5.92 Å². The Hall–Kier alpha value is -3.88. The van der Waals surface area contributed by atoms with Crippen molar-refractivity contribution in [1.82, 2.24) is 16.0 Å². The van der Waals surface area contributed by atoms with E-state index in [4.69, 9.17) is 14.2 Å². The second-order valence-electron chi connectivity index (χ2n) is 11.5. The molecule has 1 rings (SSSR count). The summed E-state index contributed by atoms with van der Waals surface area (Å²) in [6.45, 7) is 6.34. The molecule has 0 saturated carbocycles. The molecule has 1 atom stereocenters. The van der Waals surface area contributed by atoms with E-state index in [-0.39, 0.29) is 126 Å². The predicted molar refractivity (Wildman–Crippen MR) is 175 cm³/mol. The van der Waals surface area contributed by atoms with E-state index in [2.05, 4.69) is 21.3 Å². The maximum Gasteiger partial charge on any atom is 0.226 e. The zero-order valence-corrected chi connectivity index (χ0v) is 27.9. The number of carbonyl (C=O) groups excluding carboxylic acids is 6. The molecule has 0 fully saturated rings. The number of Topliss-reactive ketones (excluding diaryl/α,β-unsaturated/α-hetero) is 1. The summed E-state index contributed by atoms with van der Waals surface area (Å²) in [5.41, 5.74) is -0.609. The number of hydrogen-bond acceptors (Lipinski definition) is 10. The third-order valence-electron chi connectivity index (χ3n) is 6.72. The average Bonchev–Trinajstić information content (AvgIpc) is 3.02. The molecular formula is C33H52N4O10. The molecule has 0 bridgehead atoms. The summed E-state index contributed by atoms with van der Waals surface area (Å²) in [6, 6.07) is 6.03. The highest BCUT2D eigenvalue weighted by Gasteiger charge is 2.34. The lowest BCUT2D eigenvalue weighted by Gasteiger charge is -2.34. The normalized spacial score (nSPS) is 12.2. The highest BCUT2D eigenvalue weighted by Crippen LogP contribution is 2.14. The maximum absolute atomic E-state index is 13.0. The van der Waals surface area contributed by atoms with Crippen molar-refractivity contribution >= 4 is 41.4 Å². The van der Waals surface area contributed by atoms with Crippen LogP contribution in [0.15, 0.2) is 24.3 Å². The monoisotopic (exact) mass is 664 g/mol. The zero-order chi connectivity index (χ0) is 34.9. The molecule has 0 heterocycles. The molecule has 1 aromatic rings. The lowest BCUT2D eigenvalue weighted by molar-refractivity contribution is -0.130. The van der Waals surface area contributed by atoms with Crippen molar-refractivity contribution in [3.8, 4) is 5.75 Å². The number of benzene rings is 1. The summed E-state index contributed by atoms with van der Waals surface area (Å²) in [5, 5.41) is 20.3. The van der Waals surface area contributed by atoms with Crippen LogP contribution in [0.25, 0.3) is 0 Å². The molecule has 47 heavy (non-hydrogen) atoms. The summed E-state index contributed by atoms with van der Waals surface area (Å²) < 4.78 is 17.4. The molecule has 0 aliphatic rings. The van der Waals surface area contributed by atoms with Gasteiger partial charge in [0, 0.05) is 69.8 Å². The van der Waals surface area contributed by atoms with Gasteiger partial charge in [-0.3, -0.25) is 24.0 Å². The van der Waals surface area contributed by atoms with E-state index in [1.807, 2.05) is 20.8 Å². The lowest BCUT2D eigenvalue weighted by atomic mass is 10.0. The van der Waals surface area contributed by atoms with Crippen LogP contribution in [0.3, 0.4) is 0 Å². The Morgan fingerprint density at radius 3 is 1.89 bits per heavy atom. The molecule has 1 aromatic carbocycles. The minimum absolute atomic E-state index is 0.00143. The van der Waals surface area contributed by atoms with Crippen LogP contribution in [0.2, 0.25) is 0 Å². The summed E-state index contributed by atoms with van der Waals surface area (Å²) in [5.74, 6) is -1.18. The molecule has 0 aliphatic carbocycles. The van der Waals surface area contributed by atoms with Crippen LogP contribution in [0.1, 0.15) is 72.1 Å². The first-order valence-corrected chi connectivity index (χ1v) is 16.1. The summed E-state index contributed by atoms with van der Waals surface area (Å²) in [6.07, 6.45) is 2.52. The molecule has 0 saturated heterocycles. The fourth-order valence-corrected chi connectivity index (χ4v) is 4.11. The van der Waals surface area contributed by atoms with Gasteiger partial charge in [-0.2, -0.15) is 0 Å². The number of anilines is 1. The van der Waals surface area contributed by atoms with Crippen molar-refractivity contribution in [3.05, 3.63) is 24.3 Å². The van der Waals surface area contributed by atoms with Crippen LogP contribution in [0.4, 0.5) is 5.69 Å². The predicted octanol–water partition coefficient (Wildman–Crippen LogP) is 2.03. The smallest absolute Gasteiger partial charge is 0.226 e. The van der Waals surface area contributed by atoms with E-state index in [1.54, 1.807) is 12.1 Å². The second kappa shape index (κ2) is 24.3. The standard InChI is InChI=1S/C33H52N4O10/c1-4-19-45-22-33(23-46-20-14-29(41)34-16-6-18-38,37-32(44)8-5-7-28(40)25(2)3)24-47-21-15-30(42)35-17-13-31(43)36-26-9-11-27(39)12-10-26/h9-12,18,25,39H,4-8,13-17,19-24H2,1-3H3,(H,34,41)(H,35,42)(H,36,43)(H,37,44). The third kappa shape index (κ3) is 20.1. The first-order chi connectivity index (χ1) is 22.5. The Balaban J connectivity index is 2.70. The van der Waals surface area contributed by atoms with Gasteiger partial charge >= 0.3 is 0 Å². The van der Waals surface area contributed by atoms with Gasteiger partial charge in [0.2, 0.25) is 23.6 Å². The Morgan fingerprint density at radius 1 is 0.766 bits per heavy atom. The van der Waals surface area contributed by atoms with Crippen LogP contribution in [-0.2, 0) is 43.0 Å². The van der Waals surface area contributed by atoms with E-state index in [0.717, 1.165) is 6.42 Å². The molecule has 1 unspecified atom stereocenters. The van der Waals surface area contributed by atoms with Gasteiger partial charge in [-0.25, -0.2) is 0 Å². The Labute approximate surface area is 277 Å². The molecular weight excluding hydrogens is 612 g/mol. The quantitative estimate of drug-likeness (QED) is 0.0527. The van der Waals surface area contributed by atoms with Gasteiger partial charge in [0.15, 0.2) is 0 Å². The first-order valence-electron chi connectivity index (χ1n) is 16.1. The number of aldehydes is 1. The molecule has 4 amide bonds. The largest absolute Gasteiger partial charge is 0.508 e. The molecule has 0 aliphatic heterocycles. The van der Waals surface area contributed by atoms with Gasteiger partial charge < -0.3 is 45.4 Å². The third-order valence-corrected chi connectivity index (χ3v) is 6.72. The fourth-order valence-electron chi connectivity index (χ4n) is 4.11. The molecule has 264 valence electrons. The fraction of sp³-hybridized carbons (Fsp3) is 0.636. The Morgan fingerprint density at radius 2 is 1.34 bits per heavy atom. The number of hydrogen-bond donors (Lipinski definition) is 5. The van der Waals surface area contributed by atoms with Crippen molar-refractivity contribution < 1.29 is 48.1 Å². The maximum atomic E-state index is 13.0. The lowest BCUT2D eigenvalue weighted by Crippen LogP contribution is -2.58. The number of amides is 4. The number of phenols is 1. The number of ether oxygens (including phenoxy) is 3. The first kappa shape index (κ1) is 41.1. The van der Waals surface area contributed by atoms with Crippen molar-refractivity contribution in [3.63, 3.8) is 0 Å². The summed E-state index contributed by atoms with van der Waals surface area (Å²) >= 11 is 0. The van der Waals surface area contributed by atoms with Gasteiger partial charge in [-0.15, -0.1) is 0 Å². The molecule has 5 N–H and O–H groups in total. The van der Waals surface area contributed by atoms with Crippen molar-refractivity contribution in [1.29, 1.82) is 0 Å². The second-order valence-corrected chi connectivity index (χ2v) is 11.5. The highest BCUT2D eigenvalue weighted by molar-refractivity contribution is 5.91. The number of nitrogens with one attached hydrogen (secondary N) is 4. The van der Waals surface area contributed by atoms with Gasteiger partial charge in [0.05, 0.1) is 33.0 Å². The minimum Gasteiger partial charge on any atom is -0.508 e. The zero-order valence-electron chi connectivity index (χ0n) is 27.9. The van der Waals surface area contributed by atoms with Crippen LogP contribution in [0.5, 0.6) is 5.75 Å². The summed E-state index contributed by atoms with van der Waals surface area (Å²) in [7, 11) is 0. The van der Waals surface area contributed by atoms with Crippen LogP contribution < -0.4 is 21.3 Å². The van der Waals surface area contributed by atoms with E-state index < -0.39 is 5.54 Å². The number of aromatic hydroxyl groups is 1. The molecule has 14 nitrogen and oxygen atoms in total. The van der Waals surface area contributed by atoms with Crippen LogP contribution in [-0.4, -0.2) is 99.1 Å². The van der Waals surface area contributed by atoms with E-state index >= 15 is 0 Å². The molecule has 0 spiro atoms. The van der Waals surface area contributed by atoms with E-state index in [0.29, 0.717) is 25.0 Å². The van der Waals surface area contributed by atoms with Crippen molar-refractivity contribution in [2.24, 2.45) is 5.92 Å².